The molecule has 2 aromatic heterocycles. The molecule has 2 aliphatic rings. The molecule has 0 atom stereocenters. The zero-order valence-corrected chi connectivity index (χ0v) is 26.8. The van der Waals surface area contributed by atoms with Crippen molar-refractivity contribution in [3.63, 3.8) is 0 Å². The van der Waals surface area contributed by atoms with Crippen molar-refractivity contribution in [1.82, 2.24) is 4.98 Å². The number of aryl methyl sites for hydroxylation is 1. The molecule has 7 rings (SSSR count). The minimum absolute atomic E-state index is 0.0162. The van der Waals surface area contributed by atoms with Crippen LogP contribution in [0.3, 0.4) is 0 Å². The number of nitrogens with one attached hydrogen (secondary N) is 1. The molecule has 47 heavy (non-hydrogen) atoms. The van der Waals surface area contributed by atoms with Crippen LogP contribution in [0, 0.1) is 12.7 Å². The van der Waals surface area contributed by atoms with E-state index in [1.807, 2.05) is 66.7 Å². The van der Waals surface area contributed by atoms with Gasteiger partial charge in [-0.25, -0.2) is 9.37 Å². The Morgan fingerprint density at radius 3 is 2.36 bits per heavy atom. The summed E-state index contributed by atoms with van der Waals surface area (Å²) in [6.45, 7) is 4.96. The third-order valence-electron chi connectivity index (χ3n) is 8.62. The van der Waals surface area contributed by atoms with Crippen LogP contribution in [0.25, 0.3) is 10.4 Å². The van der Waals surface area contributed by atoms with E-state index >= 15 is 0 Å². The van der Waals surface area contributed by atoms with E-state index in [0.717, 1.165) is 39.5 Å². The molecule has 0 spiro atoms. The van der Waals surface area contributed by atoms with Gasteiger partial charge in [0.05, 0.1) is 27.6 Å². The number of carbonyl (C=O) groups excluding carboxylic acids is 3. The number of benzene rings is 3. The van der Waals surface area contributed by atoms with E-state index in [1.165, 1.54) is 17.4 Å². The quantitative estimate of drug-likeness (QED) is 0.218. The molecule has 0 unspecified atom stereocenters. The summed E-state index contributed by atoms with van der Waals surface area (Å²) in [7, 11) is 0. The molecule has 8 nitrogen and oxygen atoms in total. The predicted molar refractivity (Wildman–Crippen MR) is 185 cm³/mol. The first-order chi connectivity index (χ1) is 22.8. The van der Waals surface area contributed by atoms with Gasteiger partial charge in [-0.05, 0) is 73.4 Å². The summed E-state index contributed by atoms with van der Waals surface area (Å²) in [5, 5.41) is 2.74. The maximum atomic E-state index is 14.5. The van der Waals surface area contributed by atoms with E-state index in [4.69, 9.17) is 4.98 Å². The summed E-state index contributed by atoms with van der Waals surface area (Å²) >= 11 is 1.34. The molecule has 5 aromatic rings. The number of nitrogens with zero attached hydrogens (tertiary/aromatic N) is 4. The van der Waals surface area contributed by atoms with Gasteiger partial charge in [0.2, 0.25) is 5.91 Å². The summed E-state index contributed by atoms with van der Waals surface area (Å²) in [6, 6.07) is 27.4. The van der Waals surface area contributed by atoms with Gasteiger partial charge in [0, 0.05) is 37.0 Å². The van der Waals surface area contributed by atoms with Gasteiger partial charge in [0.15, 0.2) is 0 Å². The van der Waals surface area contributed by atoms with Crippen LogP contribution in [0.2, 0.25) is 0 Å². The molecule has 10 heteroatoms. The number of aromatic nitrogens is 1. The lowest BCUT2D eigenvalue weighted by Gasteiger charge is -2.26. The molecule has 4 heterocycles. The molecule has 0 saturated heterocycles. The standard InChI is InChI=1S/C37H32FN5O3S/c1-23-10-7-12-27(38)34(23)40-36(45)32-22-25-18-21-43(29-14-4-3-11-26(29)35(25)47-32)37(46)28-13-8-17-33(39-28)42-20-9-19-41(24(2)44)30-15-5-6-16-31(30)42/h3-8,10-17,22H,9,18-21H2,1-2H3,(H,40,45). The van der Waals surface area contributed by atoms with Crippen LogP contribution in [0.15, 0.2) is 91.0 Å². The molecular weight excluding hydrogens is 614 g/mol. The Labute approximate surface area is 276 Å². The number of carbonyl (C=O) groups is 3. The van der Waals surface area contributed by atoms with E-state index in [1.54, 1.807) is 41.8 Å². The molecule has 236 valence electrons. The first kappa shape index (κ1) is 30.3. The zero-order chi connectivity index (χ0) is 32.7. The number of pyridine rings is 1. The number of anilines is 5. The fourth-order valence-corrected chi connectivity index (χ4v) is 7.47. The largest absolute Gasteiger partial charge is 0.324 e. The highest BCUT2D eigenvalue weighted by atomic mass is 32.1. The molecule has 3 aromatic carbocycles. The van der Waals surface area contributed by atoms with Crippen molar-refractivity contribution >= 4 is 57.6 Å². The Hall–Kier alpha value is -5.35. The van der Waals surface area contributed by atoms with Gasteiger partial charge in [-0.1, -0.05) is 48.5 Å². The van der Waals surface area contributed by atoms with E-state index < -0.39 is 5.82 Å². The second-order valence-electron chi connectivity index (χ2n) is 11.6. The molecule has 0 aliphatic carbocycles. The molecule has 2 aliphatic heterocycles. The summed E-state index contributed by atoms with van der Waals surface area (Å²) in [4.78, 5) is 51.7. The van der Waals surface area contributed by atoms with Gasteiger partial charge in [-0.15, -0.1) is 11.3 Å². The molecular formula is C37H32FN5O3S. The summed E-state index contributed by atoms with van der Waals surface area (Å²) < 4.78 is 14.5. The SMILES string of the molecule is CC(=O)N1CCCN(c2cccc(C(=O)N3CCc4cc(C(=O)Nc5c(C)cccc5F)sc4-c4ccccc43)n2)c2ccccc21. The lowest BCUT2D eigenvalue weighted by atomic mass is 10.1. The fraction of sp³-hybridized carbons (Fsp3) is 0.189. The monoisotopic (exact) mass is 645 g/mol. The Bertz CT molecular complexity index is 2020. The van der Waals surface area contributed by atoms with Crippen LogP contribution in [-0.4, -0.2) is 42.3 Å². The summed E-state index contributed by atoms with van der Waals surface area (Å²) in [5.74, 6) is -0.457. The average Bonchev–Trinajstić information content (AvgIpc) is 3.32. The minimum Gasteiger partial charge on any atom is -0.324 e. The first-order valence-electron chi connectivity index (χ1n) is 15.5. The van der Waals surface area contributed by atoms with E-state index in [0.29, 0.717) is 48.0 Å². The van der Waals surface area contributed by atoms with Crippen LogP contribution in [0.4, 0.5) is 33.0 Å². The highest BCUT2D eigenvalue weighted by Gasteiger charge is 2.30. The number of hydrogen-bond donors (Lipinski definition) is 1. The highest BCUT2D eigenvalue weighted by molar-refractivity contribution is 7.17. The minimum atomic E-state index is -0.480. The topological polar surface area (TPSA) is 85.9 Å². The van der Waals surface area contributed by atoms with E-state index in [2.05, 4.69) is 10.2 Å². The van der Waals surface area contributed by atoms with Crippen LogP contribution >= 0.6 is 11.3 Å². The second kappa shape index (κ2) is 12.4. The average molecular weight is 646 g/mol. The van der Waals surface area contributed by atoms with E-state index in [9.17, 15) is 18.8 Å². The maximum Gasteiger partial charge on any atom is 0.276 e. The molecule has 0 saturated carbocycles. The third kappa shape index (κ3) is 5.65. The van der Waals surface area contributed by atoms with Crippen molar-refractivity contribution in [2.24, 2.45) is 0 Å². The Kier molecular flexibility index (Phi) is 8.03. The Balaban J connectivity index is 1.19. The number of amides is 3. The Morgan fingerprint density at radius 1 is 0.830 bits per heavy atom. The van der Waals surface area contributed by atoms with Crippen LogP contribution in [0.5, 0.6) is 0 Å². The number of fused-ring (bicyclic) bond motifs is 4. The first-order valence-corrected chi connectivity index (χ1v) is 16.3. The fourth-order valence-electron chi connectivity index (χ4n) is 6.33. The van der Waals surface area contributed by atoms with Crippen molar-refractivity contribution < 1.29 is 18.8 Å². The van der Waals surface area contributed by atoms with Crippen LogP contribution in [-0.2, 0) is 11.2 Å². The van der Waals surface area contributed by atoms with Gasteiger partial charge in [0.25, 0.3) is 11.8 Å². The summed E-state index contributed by atoms with van der Waals surface area (Å²) in [5.41, 5.74) is 5.35. The number of rotatable bonds is 4. The Morgan fingerprint density at radius 2 is 1.57 bits per heavy atom. The maximum absolute atomic E-state index is 14.5. The smallest absolute Gasteiger partial charge is 0.276 e. The van der Waals surface area contributed by atoms with Crippen molar-refractivity contribution in [2.45, 2.75) is 26.7 Å². The second-order valence-corrected chi connectivity index (χ2v) is 12.7. The highest BCUT2D eigenvalue weighted by Crippen LogP contribution is 2.42. The third-order valence-corrected chi connectivity index (χ3v) is 9.83. The molecule has 3 amide bonds. The van der Waals surface area contributed by atoms with Crippen molar-refractivity contribution in [3.8, 4) is 10.4 Å². The normalized spacial score (nSPS) is 14.0. The zero-order valence-electron chi connectivity index (χ0n) is 26.0. The summed E-state index contributed by atoms with van der Waals surface area (Å²) in [6.07, 6.45) is 1.27. The predicted octanol–water partition coefficient (Wildman–Crippen LogP) is 7.61. The van der Waals surface area contributed by atoms with Crippen molar-refractivity contribution in [1.29, 1.82) is 0 Å². The van der Waals surface area contributed by atoms with Crippen LogP contribution < -0.4 is 20.0 Å². The lowest BCUT2D eigenvalue weighted by Crippen LogP contribution is -2.33. The van der Waals surface area contributed by atoms with Gasteiger partial charge >= 0.3 is 0 Å². The molecule has 0 bridgehead atoms. The molecule has 0 fully saturated rings. The lowest BCUT2D eigenvalue weighted by molar-refractivity contribution is -0.116. The van der Waals surface area contributed by atoms with Gasteiger partial charge in [0.1, 0.15) is 17.3 Å². The number of hydrogen-bond acceptors (Lipinski definition) is 6. The number of thiophene rings is 1. The molecule has 1 N–H and O–H groups in total. The van der Waals surface area contributed by atoms with E-state index in [-0.39, 0.29) is 23.4 Å². The van der Waals surface area contributed by atoms with Gasteiger partial charge < -0.3 is 20.0 Å². The van der Waals surface area contributed by atoms with Gasteiger partial charge in [-0.2, -0.15) is 0 Å². The van der Waals surface area contributed by atoms with Crippen molar-refractivity contribution in [3.05, 3.63) is 119 Å². The number of halogens is 1. The molecule has 0 radical (unpaired) electrons. The van der Waals surface area contributed by atoms with Crippen molar-refractivity contribution in [2.75, 3.05) is 39.7 Å². The number of para-hydroxylation sites is 4. The van der Waals surface area contributed by atoms with Gasteiger partial charge in [-0.3, -0.25) is 14.4 Å². The van der Waals surface area contributed by atoms with Crippen LogP contribution in [0.1, 0.15) is 44.6 Å².